The molecule has 0 aromatic heterocycles. The Morgan fingerprint density at radius 3 is 2.30 bits per heavy atom. The molecule has 2 aliphatic heterocycles. The van der Waals surface area contributed by atoms with Gasteiger partial charge in [-0.05, 0) is 31.2 Å². The Morgan fingerprint density at radius 2 is 1.70 bits per heavy atom. The normalized spacial score (nSPS) is 24.0. The Morgan fingerprint density at radius 1 is 1.04 bits per heavy atom. The molecule has 6 nitrogen and oxygen atoms in total. The number of hydrogen-bond acceptors (Lipinski definition) is 3. The van der Waals surface area contributed by atoms with Crippen molar-refractivity contribution >= 4 is 16.1 Å². The zero-order valence-corrected chi connectivity index (χ0v) is 13.9. The Labute approximate surface area is 137 Å². The fourth-order valence-corrected chi connectivity index (χ4v) is 4.36. The van der Waals surface area contributed by atoms with Crippen LogP contribution in [-0.4, -0.2) is 43.2 Å². The first-order valence-corrected chi connectivity index (χ1v) is 9.60. The van der Waals surface area contributed by atoms with Crippen LogP contribution < -0.4 is 5.14 Å². The molecule has 1 atom stereocenters. The van der Waals surface area contributed by atoms with Gasteiger partial charge in [-0.3, -0.25) is 4.79 Å². The fraction of sp³-hybridized carbons (Fsp3) is 0.562. The molecular weight excluding hydrogens is 314 g/mol. The zero-order valence-electron chi connectivity index (χ0n) is 13.1. The lowest BCUT2D eigenvalue weighted by Gasteiger charge is -2.33. The molecule has 2 aliphatic rings. The first-order chi connectivity index (χ1) is 11.0. The van der Waals surface area contributed by atoms with Gasteiger partial charge in [-0.1, -0.05) is 30.3 Å². The summed E-state index contributed by atoms with van der Waals surface area (Å²) >= 11 is 0. The zero-order chi connectivity index (χ0) is 16.4. The van der Waals surface area contributed by atoms with E-state index in [4.69, 9.17) is 5.14 Å². The highest BCUT2D eigenvalue weighted by Gasteiger charge is 2.36. The molecule has 1 aromatic carbocycles. The molecule has 2 fully saturated rings. The summed E-state index contributed by atoms with van der Waals surface area (Å²) in [5.74, 6) is 0.0581. The van der Waals surface area contributed by atoms with Crippen molar-refractivity contribution in [2.45, 2.75) is 31.7 Å². The molecule has 0 spiro atoms. The maximum Gasteiger partial charge on any atom is 0.276 e. The van der Waals surface area contributed by atoms with Gasteiger partial charge in [0.1, 0.15) is 0 Å². The molecule has 0 aliphatic carbocycles. The van der Waals surface area contributed by atoms with Crippen molar-refractivity contribution in [3.8, 4) is 0 Å². The van der Waals surface area contributed by atoms with Crippen molar-refractivity contribution in [1.29, 1.82) is 0 Å². The van der Waals surface area contributed by atoms with Gasteiger partial charge < -0.3 is 4.90 Å². The molecular formula is C16H23N3O3S. The lowest BCUT2D eigenvalue weighted by atomic mass is 9.95. The predicted octanol–water partition coefficient (Wildman–Crippen LogP) is 1.27. The van der Waals surface area contributed by atoms with E-state index >= 15 is 0 Å². The standard InChI is InChI=1S/C16H23N3O3S/c17-23(21,22)18-11-8-14(9-12-18)16(20)19-10-4-7-15(19)13-5-2-1-3-6-13/h1-3,5-6,14-15H,4,7-12H2,(H2,17,21,22)/t15-/m0/s1. The average Bonchev–Trinajstić information content (AvgIpc) is 3.04. The van der Waals surface area contributed by atoms with Crippen molar-refractivity contribution in [1.82, 2.24) is 9.21 Å². The summed E-state index contributed by atoms with van der Waals surface area (Å²) in [4.78, 5) is 14.8. The molecule has 1 aromatic rings. The van der Waals surface area contributed by atoms with Gasteiger partial charge in [-0.15, -0.1) is 0 Å². The number of hydrogen-bond donors (Lipinski definition) is 1. The van der Waals surface area contributed by atoms with E-state index < -0.39 is 10.2 Å². The molecule has 2 heterocycles. The number of likely N-dealkylation sites (tertiary alicyclic amines) is 1. The maximum absolute atomic E-state index is 12.9. The highest BCUT2D eigenvalue weighted by atomic mass is 32.2. The molecule has 23 heavy (non-hydrogen) atoms. The number of carbonyl (C=O) groups is 1. The van der Waals surface area contributed by atoms with E-state index in [1.165, 1.54) is 9.87 Å². The van der Waals surface area contributed by atoms with Crippen molar-refractivity contribution < 1.29 is 13.2 Å². The van der Waals surface area contributed by atoms with Crippen molar-refractivity contribution in [2.24, 2.45) is 11.1 Å². The number of nitrogens with two attached hydrogens (primary N) is 1. The van der Waals surface area contributed by atoms with Crippen LogP contribution in [0.2, 0.25) is 0 Å². The average molecular weight is 337 g/mol. The van der Waals surface area contributed by atoms with Gasteiger partial charge in [0.2, 0.25) is 5.91 Å². The number of rotatable bonds is 3. The summed E-state index contributed by atoms with van der Waals surface area (Å²) in [7, 11) is -3.64. The highest BCUT2D eigenvalue weighted by molar-refractivity contribution is 7.86. The van der Waals surface area contributed by atoms with Crippen LogP contribution in [-0.2, 0) is 15.0 Å². The second-order valence-corrected chi connectivity index (χ2v) is 7.86. The van der Waals surface area contributed by atoms with Crippen LogP contribution in [0, 0.1) is 5.92 Å². The number of piperidine rings is 1. The number of nitrogens with zero attached hydrogens (tertiary/aromatic N) is 2. The molecule has 0 radical (unpaired) electrons. The smallest absolute Gasteiger partial charge is 0.276 e. The summed E-state index contributed by atoms with van der Waals surface area (Å²) in [5, 5.41) is 5.15. The lowest BCUT2D eigenvalue weighted by Crippen LogP contribution is -2.46. The van der Waals surface area contributed by atoms with Gasteiger partial charge in [0, 0.05) is 25.6 Å². The summed E-state index contributed by atoms with van der Waals surface area (Å²) < 4.78 is 24.0. The van der Waals surface area contributed by atoms with Crippen LogP contribution in [0.5, 0.6) is 0 Å². The third-order valence-electron chi connectivity index (χ3n) is 4.88. The summed E-state index contributed by atoms with van der Waals surface area (Å²) in [6, 6.07) is 10.3. The van der Waals surface area contributed by atoms with Crippen LogP contribution in [0.15, 0.2) is 30.3 Å². The van der Waals surface area contributed by atoms with Gasteiger partial charge in [0.15, 0.2) is 0 Å². The van der Waals surface area contributed by atoms with Crippen LogP contribution in [0.1, 0.15) is 37.3 Å². The topological polar surface area (TPSA) is 83.7 Å². The SMILES string of the molecule is NS(=O)(=O)N1CCC(C(=O)N2CCC[C@H]2c2ccccc2)CC1. The van der Waals surface area contributed by atoms with Gasteiger partial charge >= 0.3 is 0 Å². The minimum Gasteiger partial charge on any atom is -0.335 e. The molecule has 2 saturated heterocycles. The number of benzene rings is 1. The van der Waals surface area contributed by atoms with Crippen LogP contribution in [0.4, 0.5) is 0 Å². The van der Waals surface area contributed by atoms with Gasteiger partial charge in [0.05, 0.1) is 6.04 Å². The molecule has 0 bridgehead atoms. The molecule has 2 N–H and O–H groups in total. The Hall–Kier alpha value is -1.44. The first-order valence-electron chi connectivity index (χ1n) is 8.10. The van der Waals surface area contributed by atoms with Crippen molar-refractivity contribution in [3.05, 3.63) is 35.9 Å². The van der Waals surface area contributed by atoms with E-state index in [0.29, 0.717) is 25.9 Å². The monoisotopic (exact) mass is 337 g/mol. The van der Waals surface area contributed by atoms with E-state index in [-0.39, 0.29) is 17.9 Å². The van der Waals surface area contributed by atoms with Crippen molar-refractivity contribution in [3.63, 3.8) is 0 Å². The summed E-state index contributed by atoms with van der Waals surface area (Å²) in [5.41, 5.74) is 1.18. The predicted molar refractivity (Wildman–Crippen MR) is 87.5 cm³/mol. The Bertz CT molecular complexity index is 654. The quantitative estimate of drug-likeness (QED) is 0.901. The lowest BCUT2D eigenvalue weighted by molar-refractivity contribution is -0.137. The van der Waals surface area contributed by atoms with Gasteiger partial charge in [-0.2, -0.15) is 12.7 Å². The molecule has 3 rings (SSSR count). The van der Waals surface area contributed by atoms with Crippen LogP contribution in [0.25, 0.3) is 0 Å². The fourth-order valence-electron chi connectivity index (χ4n) is 3.64. The minimum atomic E-state index is -3.64. The molecule has 126 valence electrons. The maximum atomic E-state index is 12.9. The molecule has 0 unspecified atom stereocenters. The Balaban J connectivity index is 1.66. The van der Waals surface area contributed by atoms with E-state index in [1.807, 2.05) is 23.1 Å². The summed E-state index contributed by atoms with van der Waals surface area (Å²) in [6.45, 7) is 1.45. The molecule has 7 heteroatoms. The minimum absolute atomic E-state index is 0.0997. The second kappa shape index (κ2) is 6.59. The van der Waals surface area contributed by atoms with Crippen LogP contribution >= 0.6 is 0 Å². The highest BCUT2D eigenvalue weighted by Crippen LogP contribution is 2.34. The molecule has 0 saturated carbocycles. The van der Waals surface area contributed by atoms with E-state index in [0.717, 1.165) is 19.4 Å². The Kier molecular flexibility index (Phi) is 4.70. The second-order valence-electron chi connectivity index (χ2n) is 6.32. The third kappa shape index (κ3) is 3.57. The van der Waals surface area contributed by atoms with E-state index in [9.17, 15) is 13.2 Å². The number of carbonyl (C=O) groups excluding carboxylic acids is 1. The van der Waals surface area contributed by atoms with Crippen LogP contribution in [0.3, 0.4) is 0 Å². The largest absolute Gasteiger partial charge is 0.335 e. The first kappa shape index (κ1) is 16.4. The number of amides is 1. The third-order valence-corrected chi connectivity index (χ3v) is 5.97. The van der Waals surface area contributed by atoms with Crippen molar-refractivity contribution in [2.75, 3.05) is 19.6 Å². The molecule has 1 amide bonds. The van der Waals surface area contributed by atoms with Gasteiger partial charge in [0.25, 0.3) is 10.2 Å². The van der Waals surface area contributed by atoms with Gasteiger partial charge in [-0.25, -0.2) is 5.14 Å². The van der Waals surface area contributed by atoms with E-state index in [2.05, 4.69) is 12.1 Å². The van der Waals surface area contributed by atoms with E-state index in [1.54, 1.807) is 0 Å². The summed E-state index contributed by atoms with van der Waals surface area (Å²) in [6.07, 6.45) is 3.10.